The van der Waals surface area contributed by atoms with Crippen LogP contribution in [-0.4, -0.2) is 48.4 Å². The van der Waals surface area contributed by atoms with Crippen molar-refractivity contribution in [3.05, 3.63) is 29.8 Å². The van der Waals surface area contributed by atoms with Gasteiger partial charge in [-0.05, 0) is 49.8 Å². The molecule has 1 saturated carbocycles. The first-order chi connectivity index (χ1) is 14.5. The number of urea groups is 1. The zero-order valence-electron chi connectivity index (χ0n) is 17.9. The molecule has 0 bridgehead atoms. The van der Waals surface area contributed by atoms with Gasteiger partial charge in [-0.15, -0.1) is 0 Å². The summed E-state index contributed by atoms with van der Waals surface area (Å²) in [6.07, 6.45) is 8.00. The summed E-state index contributed by atoms with van der Waals surface area (Å²) < 4.78 is 0. The molecule has 0 radical (unpaired) electrons. The van der Waals surface area contributed by atoms with Crippen LogP contribution in [0.5, 0.6) is 0 Å². The van der Waals surface area contributed by atoms with Gasteiger partial charge in [0.15, 0.2) is 0 Å². The second kappa shape index (κ2) is 11.0. The molecule has 1 aromatic rings. The molecule has 2 aliphatic rings. The fraction of sp³-hybridized carbons (Fsp3) is 0.609. The highest BCUT2D eigenvalue weighted by Gasteiger charge is 2.29. The topological polar surface area (TPSA) is 90.5 Å². The quantitative estimate of drug-likeness (QED) is 0.668. The van der Waals surface area contributed by atoms with Gasteiger partial charge < -0.3 is 20.9 Å². The van der Waals surface area contributed by atoms with E-state index in [1.165, 1.54) is 6.42 Å². The van der Waals surface area contributed by atoms with Gasteiger partial charge in [-0.25, -0.2) is 4.79 Å². The van der Waals surface area contributed by atoms with Gasteiger partial charge in [-0.3, -0.25) is 9.59 Å². The molecular weight excluding hydrogens is 380 g/mol. The molecule has 0 unspecified atom stereocenters. The van der Waals surface area contributed by atoms with E-state index in [1.54, 1.807) is 0 Å². The van der Waals surface area contributed by atoms with Crippen molar-refractivity contribution in [2.24, 2.45) is 5.92 Å². The summed E-state index contributed by atoms with van der Waals surface area (Å²) >= 11 is 0. The van der Waals surface area contributed by atoms with Crippen LogP contribution in [0, 0.1) is 5.92 Å². The van der Waals surface area contributed by atoms with Gasteiger partial charge >= 0.3 is 6.03 Å². The Kier molecular flexibility index (Phi) is 8.11. The predicted molar refractivity (Wildman–Crippen MR) is 117 cm³/mol. The summed E-state index contributed by atoms with van der Waals surface area (Å²) in [5, 5.41) is 8.35. The number of nitrogens with zero attached hydrogens (tertiary/aromatic N) is 1. The maximum atomic E-state index is 12.6. The number of rotatable bonds is 6. The predicted octanol–water partition coefficient (Wildman–Crippen LogP) is 3.06. The SMILES string of the molecule is CCc1cccc(NC(=O)CNC(=O)NC2CCN(C(=O)C3CCCCC3)CC2)c1. The zero-order chi connectivity index (χ0) is 21.3. The van der Waals surface area contributed by atoms with E-state index in [-0.39, 0.29) is 30.4 Å². The van der Waals surface area contributed by atoms with Gasteiger partial charge in [0.2, 0.25) is 11.8 Å². The Morgan fingerprint density at radius 1 is 1.03 bits per heavy atom. The smallest absolute Gasteiger partial charge is 0.315 e. The molecule has 0 aromatic heterocycles. The van der Waals surface area contributed by atoms with Gasteiger partial charge in [0, 0.05) is 30.7 Å². The first-order valence-electron chi connectivity index (χ1n) is 11.3. The molecule has 7 heteroatoms. The molecule has 0 spiro atoms. The molecule has 0 atom stereocenters. The summed E-state index contributed by atoms with van der Waals surface area (Å²) in [6, 6.07) is 7.36. The van der Waals surface area contributed by atoms with E-state index in [2.05, 4.69) is 22.9 Å². The van der Waals surface area contributed by atoms with E-state index < -0.39 is 0 Å². The van der Waals surface area contributed by atoms with Crippen molar-refractivity contribution in [3.8, 4) is 0 Å². The van der Waals surface area contributed by atoms with Crippen LogP contribution in [0.4, 0.5) is 10.5 Å². The average molecular weight is 415 g/mol. The molecule has 4 amide bonds. The number of piperidine rings is 1. The van der Waals surface area contributed by atoms with E-state index in [9.17, 15) is 14.4 Å². The van der Waals surface area contributed by atoms with Crippen LogP contribution in [0.3, 0.4) is 0 Å². The molecule has 3 N–H and O–H groups in total. The van der Waals surface area contributed by atoms with Crippen LogP contribution in [0.1, 0.15) is 57.4 Å². The Hall–Kier alpha value is -2.57. The Morgan fingerprint density at radius 3 is 2.47 bits per heavy atom. The molecule has 164 valence electrons. The second-order valence-corrected chi connectivity index (χ2v) is 8.36. The molecule has 7 nitrogen and oxygen atoms in total. The lowest BCUT2D eigenvalue weighted by molar-refractivity contribution is -0.137. The van der Waals surface area contributed by atoms with Crippen LogP contribution >= 0.6 is 0 Å². The molecule has 2 fully saturated rings. The minimum Gasteiger partial charge on any atom is -0.342 e. The summed E-state index contributed by atoms with van der Waals surface area (Å²) in [6.45, 7) is 3.35. The lowest BCUT2D eigenvalue weighted by atomic mass is 9.87. The van der Waals surface area contributed by atoms with Crippen LogP contribution in [-0.2, 0) is 16.0 Å². The summed E-state index contributed by atoms with van der Waals surface area (Å²) in [4.78, 5) is 38.8. The monoisotopic (exact) mass is 414 g/mol. The van der Waals surface area contributed by atoms with Crippen LogP contribution in [0.2, 0.25) is 0 Å². The van der Waals surface area contributed by atoms with E-state index in [1.807, 2.05) is 29.2 Å². The van der Waals surface area contributed by atoms with Crippen molar-refractivity contribution in [2.75, 3.05) is 25.0 Å². The highest BCUT2D eigenvalue weighted by molar-refractivity contribution is 5.94. The molecule has 1 aliphatic heterocycles. The molecule has 1 aliphatic carbocycles. The Bertz CT molecular complexity index is 738. The van der Waals surface area contributed by atoms with Crippen LogP contribution in [0.15, 0.2) is 24.3 Å². The molecule has 1 heterocycles. The van der Waals surface area contributed by atoms with Crippen molar-refractivity contribution < 1.29 is 14.4 Å². The first-order valence-corrected chi connectivity index (χ1v) is 11.3. The number of anilines is 1. The number of carbonyl (C=O) groups excluding carboxylic acids is 3. The number of amides is 4. The molecular formula is C23H34N4O3. The van der Waals surface area contributed by atoms with E-state index in [0.29, 0.717) is 19.0 Å². The highest BCUT2D eigenvalue weighted by Crippen LogP contribution is 2.26. The minimum absolute atomic E-state index is 0.0321. The minimum atomic E-state index is -0.343. The number of benzene rings is 1. The van der Waals surface area contributed by atoms with E-state index >= 15 is 0 Å². The number of hydrogen-bond acceptors (Lipinski definition) is 3. The van der Waals surface area contributed by atoms with E-state index in [4.69, 9.17) is 0 Å². The van der Waals surface area contributed by atoms with Crippen molar-refractivity contribution in [1.29, 1.82) is 0 Å². The third-order valence-corrected chi connectivity index (χ3v) is 6.12. The Morgan fingerprint density at radius 2 is 1.77 bits per heavy atom. The molecule has 3 rings (SSSR count). The van der Waals surface area contributed by atoms with Gasteiger partial charge in [0.1, 0.15) is 0 Å². The number of hydrogen-bond donors (Lipinski definition) is 3. The van der Waals surface area contributed by atoms with Gasteiger partial charge in [0.25, 0.3) is 0 Å². The standard InChI is InChI=1S/C23H34N4O3/c1-2-17-7-6-10-20(15-17)25-21(28)16-24-23(30)26-19-11-13-27(14-12-19)22(29)18-8-4-3-5-9-18/h6-7,10,15,18-19H,2-5,8-9,11-14,16H2,1H3,(H,25,28)(H2,24,26,30). The fourth-order valence-corrected chi connectivity index (χ4v) is 4.32. The maximum Gasteiger partial charge on any atom is 0.315 e. The summed E-state index contributed by atoms with van der Waals surface area (Å²) in [5.74, 6) is 0.232. The number of carbonyl (C=O) groups is 3. The normalized spacial score (nSPS) is 18.0. The third kappa shape index (κ3) is 6.47. The number of nitrogens with one attached hydrogen (secondary N) is 3. The molecule has 30 heavy (non-hydrogen) atoms. The number of aryl methyl sites for hydroxylation is 1. The maximum absolute atomic E-state index is 12.6. The third-order valence-electron chi connectivity index (χ3n) is 6.12. The zero-order valence-corrected chi connectivity index (χ0v) is 17.9. The lowest BCUT2D eigenvalue weighted by Crippen LogP contribution is -2.51. The van der Waals surface area contributed by atoms with Crippen molar-refractivity contribution in [1.82, 2.24) is 15.5 Å². The van der Waals surface area contributed by atoms with Crippen molar-refractivity contribution in [3.63, 3.8) is 0 Å². The van der Waals surface area contributed by atoms with Gasteiger partial charge in [0.05, 0.1) is 6.54 Å². The summed E-state index contributed by atoms with van der Waals surface area (Å²) in [7, 11) is 0. The molecule has 1 saturated heterocycles. The van der Waals surface area contributed by atoms with Gasteiger partial charge in [-0.2, -0.15) is 0 Å². The fourth-order valence-electron chi connectivity index (χ4n) is 4.32. The highest BCUT2D eigenvalue weighted by atomic mass is 16.2. The number of likely N-dealkylation sites (tertiary alicyclic amines) is 1. The largest absolute Gasteiger partial charge is 0.342 e. The van der Waals surface area contributed by atoms with Crippen molar-refractivity contribution in [2.45, 2.75) is 64.3 Å². The average Bonchev–Trinajstić information content (AvgIpc) is 2.78. The lowest BCUT2D eigenvalue weighted by Gasteiger charge is -2.35. The summed E-state index contributed by atoms with van der Waals surface area (Å²) in [5.41, 5.74) is 1.88. The van der Waals surface area contributed by atoms with Crippen LogP contribution in [0.25, 0.3) is 0 Å². The molecule has 1 aromatic carbocycles. The van der Waals surface area contributed by atoms with Crippen LogP contribution < -0.4 is 16.0 Å². The Balaban J connectivity index is 1.34. The van der Waals surface area contributed by atoms with Gasteiger partial charge in [-0.1, -0.05) is 38.3 Å². The van der Waals surface area contributed by atoms with E-state index in [0.717, 1.165) is 56.2 Å². The van der Waals surface area contributed by atoms with Crippen molar-refractivity contribution >= 4 is 23.5 Å². The second-order valence-electron chi connectivity index (χ2n) is 8.36. The first kappa shape index (κ1) is 22.1. The Labute approximate surface area is 179 Å².